The maximum absolute atomic E-state index is 11.0. The fraction of sp³-hybridized carbons (Fsp3) is 0.364. The summed E-state index contributed by atoms with van der Waals surface area (Å²) in [6.45, 7) is 0.366. The molecule has 0 fully saturated rings. The van der Waals surface area contributed by atoms with E-state index in [1.54, 1.807) is 30.1 Å². The molecule has 0 aliphatic heterocycles. The fourth-order valence-electron chi connectivity index (χ4n) is 1.31. The van der Waals surface area contributed by atoms with Gasteiger partial charge in [0, 0.05) is 19.8 Å². The van der Waals surface area contributed by atoms with Gasteiger partial charge >= 0.3 is 0 Å². The monoisotopic (exact) mass is 272 g/mol. The van der Waals surface area contributed by atoms with Gasteiger partial charge in [0.2, 0.25) is 0 Å². The lowest BCUT2D eigenvalue weighted by Gasteiger charge is -2.20. The smallest absolute Gasteiger partial charge is 0.149 e. The molecule has 92 valence electrons. The van der Waals surface area contributed by atoms with Crippen LogP contribution in [0.1, 0.15) is 5.56 Å². The summed E-state index contributed by atoms with van der Waals surface area (Å²) in [6, 6.07) is 6.92. The maximum Gasteiger partial charge on any atom is 0.149 e. The minimum atomic E-state index is -2.99. The Morgan fingerprint density at radius 2 is 2.12 bits per heavy atom. The molecule has 0 spiro atoms. The predicted molar refractivity (Wildman–Crippen MR) is 69.1 cm³/mol. The molecule has 0 aromatic heterocycles. The van der Waals surface area contributed by atoms with Gasteiger partial charge in [0.05, 0.1) is 28.1 Å². The van der Waals surface area contributed by atoms with Gasteiger partial charge < -0.3 is 4.90 Å². The zero-order valence-electron chi connectivity index (χ0n) is 9.64. The first-order valence-corrected chi connectivity index (χ1v) is 7.36. The molecule has 1 aromatic carbocycles. The Morgan fingerprint density at radius 3 is 2.59 bits per heavy atom. The van der Waals surface area contributed by atoms with E-state index in [4.69, 9.17) is 16.9 Å². The molecule has 0 saturated carbocycles. The fourth-order valence-corrected chi connectivity index (χ4v) is 2.24. The van der Waals surface area contributed by atoms with E-state index in [2.05, 4.69) is 0 Å². The van der Waals surface area contributed by atoms with Crippen LogP contribution in [0.25, 0.3) is 0 Å². The number of rotatable bonds is 4. The molecule has 1 rings (SSSR count). The highest BCUT2D eigenvalue weighted by atomic mass is 35.5. The molecule has 0 aliphatic carbocycles. The molecule has 0 radical (unpaired) electrons. The first kappa shape index (κ1) is 13.8. The quantitative estimate of drug-likeness (QED) is 0.837. The second kappa shape index (κ2) is 5.39. The minimum absolute atomic E-state index is 0.0693. The van der Waals surface area contributed by atoms with Crippen LogP contribution in [0, 0.1) is 11.3 Å². The van der Waals surface area contributed by atoms with Crippen LogP contribution in [0.4, 0.5) is 5.69 Å². The molecular formula is C11H13ClN2O2S. The number of nitrogens with zero attached hydrogens (tertiary/aromatic N) is 2. The number of sulfone groups is 1. The van der Waals surface area contributed by atoms with Gasteiger partial charge in [0.25, 0.3) is 0 Å². The Labute approximate surface area is 106 Å². The Morgan fingerprint density at radius 1 is 1.47 bits per heavy atom. The summed E-state index contributed by atoms with van der Waals surface area (Å²) < 4.78 is 22.1. The van der Waals surface area contributed by atoms with Gasteiger partial charge in [-0.25, -0.2) is 8.42 Å². The average molecular weight is 273 g/mol. The number of hydrogen-bond donors (Lipinski definition) is 0. The molecule has 0 aliphatic rings. The highest BCUT2D eigenvalue weighted by Crippen LogP contribution is 2.25. The van der Waals surface area contributed by atoms with Gasteiger partial charge in [-0.3, -0.25) is 0 Å². The van der Waals surface area contributed by atoms with Crippen molar-refractivity contribution in [2.45, 2.75) is 0 Å². The number of hydrogen-bond acceptors (Lipinski definition) is 4. The SMILES string of the molecule is CN(CCS(C)(=O)=O)c1ccc(C#N)cc1Cl. The third-order valence-electron chi connectivity index (χ3n) is 2.29. The number of benzene rings is 1. The summed E-state index contributed by atoms with van der Waals surface area (Å²) in [6.07, 6.45) is 1.20. The first-order chi connectivity index (χ1) is 7.83. The number of anilines is 1. The van der Waals surface area contributed by atoms with Gasteiger partial charge in [-0.15, -0.1) is 0 Å². The van der Waals surface area contributed by atoms with Crippen molar-refractivity contribution in [2.75, 3.05) is 30.5 Å². The van der Waals surface area contributed by atoms with E-state index in [1.165, 1.54) is 6.26 Å². The zero-order valence-corrected chi connectivity index (χ0v) is 11.2. The van der Waals surface area contributed by atoms with Crippen molar-refractivity contribution in [2.24, 2.45) is 0 Å². The maximum atomic E-state index is 11.0. The predicted octanol–water partition coefficient (Wildman–Crippen LogP) is 1.69. The van der Waals surface area contributed by atoms with Crippen LogP contribution in [-0.4, -0.2) is 34.0 Å². The van der Waals surface area contributed by atoms with Crippen molar-refractivity contribution >= 4 is 27.1 Å². The normalized spacial score (nSPS) is 10.9. The summed E-state index contributed by atoms with van der Waals surface area (Å²) in [5.41, 5.74) is 1.20. The van der Waals surface area contributed by atoms with Gasteiger partial charge in [0.1, 0.15) is 9.84 Å². The van der Waals surface area contributed by atoms with E-state index < -0.39 is 9.84 Å². The van der Waals surface area contributed by atoms with Crippen molar-refractivity contribution in [1.82, 2.24) is 0 Å². The second-order valence-corrected chi connectivity index (χ2v) is 6.50. The number of nitriles is 1. The Hall–Kier alpha value is -1.25. The summed E-state index contributed by atoms with van der Waals surface area (Å²) in [5.74, 6) is 0.0693. The van der Waals surface area contributed by atoms with Crippen molar-refractivity contribution in [1.29, 1.82) is 5.26 Å². The van der Waals surface area contributed by atoms with E-state index in [-0.39, 0.29) is 5.75 Å². The second-order valence-electron chi connectivity index (χ2n) is 3.83. The van der Waals surface area contributed by atoms with Crippen molar-refractivity contribution < 1.29 is 8.42 Å². The van der Waals surface area contributed by atoms with Crippen LogP contribution in [-0.2, 0) is 9.84 Å². The molecule has 0 unspecified atom stereocenters. The number of halogens is 1. The highest BCUT2D eigenvalue weighted by Gasteiger charge is 2.09. The summed E-state index contributed by atoms with van der Waals surface area (Å²) in [7, 11) is -1.23. The largest absolute Gasteiger partial charge is 0.372 e. The van der Waals surface area contributed by atoms with E-state index in [0.29, 0.717) is 22.8 Å². The van der Waals surface area contributed by atoms with Gasteiger partial charge in [-0.2, -0.15) is 5.26 Å². The van der Waals surface area contributed by atoms with Crippen LogP contribution in [0.2, 0.25) is 5.02 Å². The van der Waals surface area contributed by atoms with Crippen molar-refractivity contribution in [3.63, 3.8) is 0 Å². The van der Waals surface area contributed by atoms with Crippen LogP contribution < -0.4 is 4.90 Å². The molecule has 1 aromatic rings. The Kier molecular flexibility index (Phi) is 4.38. The topological polar surface area (TPSA) is 61.2 Å². The Bertz CT molecular complexity index is 549. The molecule has 4 nitrogen and oxygen atoms in total. The molecule has 0 heterocycles. The van der Waals surface area contributed by atoms with Gasteiger partial charge in [-0.1, -0.05) is 11.6 Å². The highest BCUT2D eigenvalue weighted by molar-refractivity contribution is 7.90. The van der Waals surface area contributed by atoms with E-state index in [1.807, 2.05) is 6.07 Å². The van der Waals surface area contributed by atoms with Crippen molar-refractivity contribution in [3.05, 3.63) is 28.8 Å². The van der Waals surface area contributed by atoms with E-state index >= 15 is 0 Å². The summed E-state index contributed by atoms with van der Waals surface area (Å²) >= 11 is 6.01. The lowest BCUT2D eigenvalue weighted by atomic mass is 10.2. The molecule has 0 N–H and O–H groups in total. The third kappa shape index (κ3) is 4.25. The van der Waals surface area contributed by atoms with E-state index in [0.717, 1.165) is 0 Å². The molecule has 0 amide bonds. The molecule has 0 saturated heterocycles. The van der Waals surface area contributed by atoms with Crippen LogP contribution in [0.15, 0.2) is 18.2 Å². The molecule has 17 heavy (non-hydrogen) atoms. The standard InChI is InChI=1S/C11H13ClN2O2S/c1-14(5-6-17(2,15)16)11-4-3-9(8-13)7-10(11)12/h3-4,7H,5-6H2,1-2H3. The molecule has 0 bridgehead atoms. The van der Waals surface area contributed by atoms with Crippen molar-refractivity contribution in [3.8, 4) is 6.07 Å². The van der Waals surface area contributed by atoms with Gasteiger partial charge in [-0.05, 0) is 18.2 Å². The minimum Gasteiger partial charge on any atom is -0.372 e. The van der Waals surface area contributed by atoms with E-state index in [9.17, 15) is 8.42 Å². The van der Waals surface area contributed by atoms with Crippen LogP contribution in [0.3, 0.4) is 0 Å². The average Bonchev–Trinajstić information content (AvgIpc) is 2.24. The third-order valence-corrected chi connectivity index (χ3v) is 3.51. The van der Waals surface area contributed by atoms with Crippen LogP contribution >= 0.6 is 11.6 Å². The lowest BCUT2D eigenvalue weighted by molar-refractivity contribution is 0.601. The lowest BCUT2D eigenvalue weighted by Crippen LogP contribution is -2.25. The van der Waals surface area contributed by atoms with Crippen LogP contribution in [0.5, 0.6) is 0 Å². The zero-order chi connectivity index (χ0) is 13.1. The summed E-state index contributed by atoms with van der Waals surface area (Å²) in [4.78, 5) is 1.75. The summed E-state index contributed by atoms with van der Waals surface area (Å²) in [5, 5.41) is 9.14. The Balaban J connectivity index is 2.83. The molecule has 6 heteroatoms. The first-order valence-electron chi connectivity index (χ1n) is 4.92. The van der Waals surface area contributed by atoms with Gasteiger partial charge in [0.15, 0.2) is 0 Å². The molecular weight excluding hydrogens is 260 g/mol. The molecule has 0 atom stereocenters.